The molecule has 0 radical (unpaired) electrons. The Labute approximate surface area is 143 Å². The van der Waals surface area contributed by atoms with Crippen molar-refractivity contribution in [2.24, 2.45) is 0 Å². The Morgan fingerprint density at radius 2 is 1.88 bits per heavy atom. The number of hydrogen-bond acceptors (Lipinski definition) is 2. The topological polar surface area (TPSA) is 61.4 Å². The van der Waals surface area contributed by atoms with Gasteiger partial charge in [-0.3, -0.25) is 4.79 Å². The van der Waals surface area contributed by atoms with Gasteiger partial charge in [-0.25, -0.2) is 13.6 Å². The summed E-state index contributed by atoms with van der Waals surface area (Å²) in [6.45, 7) is 0.603. The van der Waals surface area contributed by atoms with E-state index in [0.717, 1.165) is 0 Å². The molecule has 2 N–H and O–H groups in total. The normalized spacial score (nSPS) is 16.8. The van der Waals surface area contributed by atoms with E-state index in [9.17, 15) is 18.4 Å². The van der Waals surface area contributed by atoms with Gasteiger partial charge in [-0.05, 0) is 48.4 Å². The average Bonchev–Trinajstić information content (AvgIpc) is 2.95. The Bertz CT molecular complexity index is 780. The van der Waals surface area contributed by atoms with Gasteiger partial charge in [-0.15, -0.1) is 0 Å². The van der Waals surface area contributed by atoms with Crippen LogP contribution in [-0.4, -0.2) is 24.5 Å². The maximum Gasteiger partial charge on any atom is 0.315 e. The number of carbonyl (C=O) groups excluding carboxylic acids is 2. The molecule has 2 aromatic carbocycles. The number of hydrogen-bond donors (Lipinski definition) is 2. The van der Waals surface area contributed by atoms with E-state index >= 15 is 0 Å². The van der Waals surface area contributed by atoms with Crippen molar-refractivity contribution in [3.05, 3.63) is 65.7 Å². The van der Waals surface area contributed by atoms with E-state index in [2.05, 4.69) is 10.6 Å². The molecule has 0 aromatic heterocycles. The van der Waals surface area contributed by atoms with Crippen LogP contribution in [-0.2, 0) is 11.3 Å². The molecule has 1 saturated heterocycles. The number of nitrogens with zero attached hydrogens (tertiary/aromatic N) is 1. The van der Waals surface area contributed by atoms with Gasteiger partial charge in [0.25, 0.3) is 0 Å². The number of nitrogens with one attached hydrogen (secondary N) is 2. The zero-order chi connectivity index (χ0) is 17.8. The van der Waals surface area contributed by atoms with Crippen LogP contribution in [0, 0.1) is 11.6 Å². The molecular weight excluding hydrogens is 328 g/mol. The molecule has 0 spiro atoms. The fourth-order valence-corrected chi connectivity index (χ4v) is 2.73. The molecule has 0 bridgehead atoms. The van der Waals surface area contributed by atoms with E-state index in [1.165, 1.54) is 41.3 Å². The first kappa shape index (κ1) is 16.9. The molecule has 1 atom stereocenters. The van der Waals surface area contributed by atoms with Crippen LogP contribution in [0.2, 0.25) is 0 Å². The van der Waals surface area contributed by atoms with Crippen LogP contribution in [0.5, 0.6) is 0 Å². The van der Waals surface area contributed by atoms with Gasteiger partial charge >= 0.3 is 6.03 Å². The summed E-state index contributed by atoms with van der Waals surface area (Å²) in [5, 5.41) is 5.21. The number of rotatable bonds is 4. The lowest BCUT2D eigenvalue weighted by molar-refractivity contribution is -0.118. The highest BCUT2D eigenvalue weighted by Crippen LogP contribution is 2.21. The molecule has 3 rings (SSSR count). The van der Waals surface area contributed by atoms with Crippen LogP contribution >= 0.6 is 0 Å². The van der Waals surface area contributed by atoms with Gasteiger partial charge in [0.05, 0.1) is 0 Å². The van der Waals surface area contributed by atoms with Crippen LogP contribution < -0.4 is 15.5 Å². The van der Waals surface area contributed by atoms with Crippen molar-refractivity contribution in [3.63, 3.8) is 0 Å². The standard InChI is InChI=1S/C18H17F2N3O2/c19-13-4-6-15(7-5-13)23-9-8-16(17(23)24)22-18(25)21-11-12-2-1-3-14(20)10-12/h1-7,10,16H,8-9,11H2,(H2,21,22,25). The molecule has 3 amide bonds. The number of benzene rings is 2. The van der Waals surface area contributed by atoms with Gasteiger partial charge < -0.3 is 15.5 Å². The third-order valence-corrected chi connectivity index (χ3v) is 3.99. The SMILES string of the molecule is O=C(NCc1cccc(F)c1)NC1CCN(c2ccc(F)cc2)C1=O. The Balaban J connectivity index is 1.53. The number of amides is 3. The molecule has 7 heteroatoms. The van der Waals surface area contributed by atoms with Gasteiger partial charge in [0.15, 0.2) is 0 Å². The fraction of sp³-hybridized carbons (Fsp3) is 0.222. The van der Waals surface area contributed by atoms with Crippen LogP contribution in [0.15, 0.2) is 48.5 Å². The third kappa shape index (κ3) is 4.12. The van der Waals surface area contributed by atoms with Gasteiger partial charge in [-0.1, -0.05) is 12.1 Å². The van der Waals surface area contributed by atoms with E-state index in [4.69, 9.17) is 0 Å². The van der Waals surface area contributed by atoms with Gasteiger partial charge in [0.2, 0.25) is 5.91 Å². The zero-order valence-electron chi connectivity index (χ0n) is 13.3. The first-order valence-electron chi connectivity index (χ1n) is 7.89. The van der Waals surface area contributed by atoms with Crippen molar-refractivity contribution in [1.82, 2.24) is 10.6 Å². The van der Waals surface area contributed by atoms with Crippen LogP contribution in [0.25, 0.3) is 0 Å². The van der Waals surface area contributed by atoms with E-state index < -0.39 is 12.1 Å². The molecule has 1 unspecified atom stereocenters. The Morgan fingerprint density at radius 1 is 1.12 bits per heavy atom. The molecule has 1 aliphatic heterocycles. The van der Waals surface area contributed by atoms with Crippen LogP contribution in [0.4, 0.5) is 19.3 Å². The molecule has 1 aliphatic rings. The summed E-state index contributed by atoms with van der Waals surface area (Å²) in [4.78, 5) is 25.9. The summed E-state index contributed by atoms with van der Waals surface area (Å²) >= 11 is 0. The van der Waals surface area contributed by atoms with E-state index in [1.54, 1.807) is 12.1 Å². The molecule has 1 heterocycles. The molecule has 1 fully saturated rings. The molecule has 0 saturated carbocycles. The second kappa shape index (κ2) is 7.29. The lowest BCUT2D eigenvalue weighted by Gasteiger charge is -2.17. The van der Waals surface area contributed by atoms with Crippen molar-refractivity contribution in [2.45, 2.75) is 19.0 Å². The second-order valence-electron chi connectivity index (χ2n) is 5.76. The monoisotopic (exact) mass is 345 g/mol. The third-order valence-electron chi connectivity index (χ3n) is 3.99. The Kier molecular flexibility index (Phi) is 4.92. The second-order valence-corrected chi connectivity index (χ2v) is 5.76. The summed E-state index contributed by atoms with van der Waals surface area (Å²) in [5.41, 5.74) is 1.22. The molecular formula is C18H17F2N3O2. The lowest BCUT2D eigenvalue weighted by Crippen LogP contribution is -2.45. The summed E-state index contributed by atoms with van der Waals surface area (Å²) < 4.78 is 26.1. The number of urea groups is 1. The minimum atomic E-state index is -0.641. The molecule has 0 aliphatic carbocycles. The van der Waals surface area contributed by atoms with Crippen molar-refractivity contribution in [1.29, 1.82) is 0 Å². The van der Waals surface area contributed by atoms with E-state index in [0.29, 0.717) is 24.2 Å². The highest BCUT2D eigenvalue weighted by molar-refractivity contribution is 6.01. The predicted octanol–water partition coefficient (Wildman–Crippen LogP) is 2.57. The highest BCUT2D eigenvalue weighted by Gasteiger charge is 2.33. The number of anilines is 1. The summed E-state index contributed by atoms with van der Waals surface area (Å²) in [6.07, 6.45) is 0.462. The maximum absolute atomic E-state index is 13.1. The maximum atomic E-state index is 13.1. The Morgan fingerprint density at radius 3 is 2.60 bits per heavy atom. The first-order valence-corrected chi connectivity index (χ1v) is 7.89. The molecule has 5 nitrogen and oxygen atoms in total. The van der Waals surface area contributed by atoms with Crippen molar-refractivity contribution >= 4 is 17.6 Å². The molecule has 2 aromatic rings. The number of carbonyl (C=O) groups is 2. The van der Waals surface area contributed by atoms with Gasteiger partial charge in [0, 0.05) is 18.8 Å². The van der Waals surface area contributed by atoms with Crippen molar-refractivity contribution in [3.8, 4) is 0 Å². The van der Waals surface area contributed by atoms with Crippen LogP contribution in [0.3, 0.4) is 0 Å². The number of halogens is 2. The van der Waals surface area contributed by atoms with Gasteiger partial charge in [-0.2, -0.15) is 0 Å². The minimum absolute atomic E-state index is 0.159. The predicted molar refractivity (Wildman–Crippen MR) is 88.9 cm³/mol. The summed E-state index contributed by atoms with van der Waals surface area (Å²) in [7, 11) is 0. The van der Waals surface area contributed by atoms with E-state index in [1.807, 2.05) is 0 Å². The van der Waals surface area contributed by atoms with Crippen LogP contribution in [0.1, 0.15) is 12.0 Å². The molecule has 25 heavy (non-hydrogen) atoms. The first-order chi connectivity index (χ1) is 12.0. The highest BCUT2D eigenvalue weighted by atomic mass is 19.1. The minimum Gasteiger partial charge on any atom is -0.334 e. The fourth-order valence-electron chi connectivity index (χ4n) is 2.73. The summed E-state index contributed by atoms with van der Waals surface area (Å²) in [5.74, 6) is -0.991. The smallest absolute Gasteiger partial charge is 0.315 e. The molecule has 130 valence electrons. The average molecular weight is 345 g/mol. The van der Waals surface area contributed by atoms with Crippen molar-refractivity contribution < 1.29 is 18.4 Å². The largest absolute Gasteiger partial charge is 0.334 e. The zero-order valence-corrected chi connectivity index (χ0v) is 13.3. The van der Waals surface area contributed by atoms with E-state index in [-0.39, 0.29) is 24.1 Å². The quantitative estimate of drug-likeness (QED) is 0.895. The summed E-state index contributed by atoms with van der Waals surface area (Å²) in [6, 6.07) is 10.4. The Hall–Kier alpha value is -2.96. The van der Waals surface area contributed by atoms with Gasteiger partial charge in [0.1, 0.15) is 17.7 Å². The lowest BCUT2D eigenvalue weighted by atomic mass is 10.2. The van der Waals surface area contributed by atoms with Crippen molar-refractivity contribution in [2.75, 3.05) is 11.4 Å².